The minimum Gasteiger partial charge on any atom is -0.371 e. The summed E-state index contributed by atoms with van der Waals surface area (Å²) < 4.78 is 7.19. The first-order valence-electron chi connectivity index (χ1n) is 11.4. The number of amides is 2. The lowest BCUT2D eigenvalue weighted by molar-refractivity contribution is -0.171. The van der Waals surface area contributed by atoms with Crippen molar-refractivity contribution in [3.63, 3.8) is 0 Å². The molecule has 2 aromatic heterocycles. The van der Waals surface area contributed by atoms with Crippen molar-refractivity contribution in [1.82, 2.24) is 19.7 Å². The fourth-order valence-electron chi connectivity index (χ4n) is 5.33. The zero-order valence-corrected chi connectivity index (χ0v) is 18.4. The van der Waals surface area contributed by atoms with E-state index < -0.39 is 5.41 Å². The molecule has 1 saturated carbocycles. The lowest BCUT2D eigenvalue weighted by Gasteiger charge is -2.46. The van der Waals surface area contributed by atoms with Gasteiger partial charge in [0.2, 0.25) is 5.91 Å². The Morgan fingerprint density at radius 2 is 2.03 bits per heavy atom. The second kappa shape index (κ2) is 7.28. The van der Waals surface area contributed by atoms with Gasteiger partial charge in [0.05, 0.1) is 18.3 Å². The lowest BCUT2D eigenvalue weighted by atomic mass is 9.83. The molecule has 10 heteroatoms. The largest absolute Gasteiger partial charge is 0.371 e. The average Bonchev–Trinajstić information content (AvgIpc) is 3.52. The van der Waals surface area contributed by atoms with Gasteiger partial charge in [0.15, 0.2) is 5.82 Å². The van der Waals surface area contributed by atoms with E-state index >= 15 is 0 Å². The molecule has 0 radical (unpaired) electrons. The average molecular weight is 447 g/mol. The van der Waals surface area contributed by atoms with Crippen LogP contribution >= 0.6 is 0 Å². The molecule has 2 aromatic rings. The summed E-state index contributed by atoms with van der Waals surface area (Å²) in [6.45, 7) is 1.75. The molecular weight excluding hydrogens is 422 g/mol. The van der Waals surface area contributed by atoms with Crippen molar-refractivity contribution in [3.05, 3.63) is 30.1 Å². The molecule has 4 saturated heterocycles. The quantitative estimate of drug-likeness (QED) is 0.743. The van der Waals surface area contributed by atoms with Crippen LogP contribution in [-0.4, -0.2) is 63.3 Å². The van der Waals surface area contributed by atoms with Crippen molar-refractivity contribution in [2.75, 3.05) is 29.9 Å². The number of carbonyl (C=O) groups excluding carboxylic acids is 2. The zero-order chi connectivity index (χ0) is 22.7. The van der Waals surface area contributed by atoms with Gasteiger partial charge in [0.1, 0.15) is 16.9 Å². The Balaban J connectivity index is 1.18. The summed E-state index contributed by atoms with van der Waals surface area (Å²) in [5, 5.41) is 17.3. The van der Waals surface area contributed by atoms with Gasteiger partial charge in [-0.1, -0.05) is 0 Å². The highest BCUT2D eigenvalue weighted by molar-refractivity contribution is 6.02. The molecule has 170 valence electrons. The molecule has 33 heavy (non-hydrogen) atoms. The number of aryl methyl sites for hydroxylation is 1. The Hall–Kier alpha value is -3.45. The number of hydrogen-bond donors (Lipinski definition) is 1. The van der Waals surface area contributed by atoms with E-state index in [0.717, 1.165) is 19.3 Å². The topological polar surface area (TPSA) is 116 Å². The number of anilines is 3. The van der Waals surface area contributed by atoms with Crippen molar-refractivity contribution in [2.45, 2.75) is 37.9 Å². The monoisotopic (exact) mass is 447 g/mol. The van der Waals surface area contributed by atoms with E-state index in [1.54, 1.807) is 41.0 Å². The van der Waals surface area contributed by atoms with Crippen molar-refractivity contribution < 1.29 is 14.3 Å². The third-order valence-electron chi connectivity index (χ3n) is 7.29. The van der Waals surface area contributed by atoms with Gasteiger partial charge < -0.3 is 19.9 Å². The minimum atomic E-state index is -0.882. The molecule has 10 nitrogen and oxygen atoms in total. The number of rotatable bonds is 5. The number of nitrogens with one attached hydrogen (secondary N) is 1. The maximum atomic E-state index is 13.1. The molecule has 2 amide bonds. The van der Waals surface area contributed by atoms with E-state index in [4.69, 9.17) is 4.74 Å². The number of nitriles is 1. The fraction of sp³-hybridized carbons (Fsp3) is 0.522. The Labute approximate surface area is 191 Å². The van der Waals surface area contributed by atoms with E-state index in [-0.39, 0.29) is 29.9 Å². The van der Waals surface area contributed by atoms with Crippen LogP contribution in [0.5, 0.6) is 0 Å². The Morgan fingerprint density at radius 3 is 2.73 bits per heavy atom. The number of ether oxygens (including phenoxy) is 1. The van der Waals surface area contributed by atoms with Gasteiger partial charge in [0, 0.05) is 57.1 Å². The molecule has 2 unspecified atom stereocenters. The van der Waals surface area contributed by atoms with Crippen LogP contribution in [0.4, 0.5) is 17.3 Å². The summed E-state index contributed by atoms with van der Waals surface area (Å²) in [7, 11) is 1.74. The SMILES string of the molecule is Cn1nc(Nc2cc(N3CC[C@@](C#N)(C4CC4)C3=O)ccn2)cc1C(=O)N1CC2CC(C1)O2. The van der Waals surface area contributed by atoms with Crippen LogP contribution in [0, 0.1) is 22.7 Å². The Kier molecular flexibility index (Phi) is 4.45. The summed E-state index contributed by atoms with van der Waals surface area (Å²) in [5.41, 5.74) is 0.315. The van der Waals surface area contributed by atoms with E-state index in [9.17, 15) is 14.9 Å². The molecule has 1 aliphatic carbocycles. The first-order chi connectivity index (χ1) is 16.0. The van der Waals surface area contributed by atoms with Gasteiger partial charge >= 0.3 is 0 Å². The predicted molar refractivity (Wildman–Crippen MR) is 118 cm³/mol. The van der Waals surface area contributed by atoms with E-state index in [1.807, 2.05) is 4.90 Å². The summed E-state index contributed by atoms with van der Waals surface area (Å²) in [4.78, 5) is 33.9. The summed E-state index contributed by atoms with van der Waals surface area (Å²) >= 11 is 0. The standard InChI is InChI=1S/C23H25N7O3/c1-28-18(21(31)29-11-16-9-17(12-29)33-16)10-20(27-28)26-19-8-15(4-6-25-19)30-7-5-23(13-24,22(30)32)14-2-3-14/h4,6,8,10,14,16-17H,2-3,5,7,9,11-12H2,1H3,(H,25,26,27)/t16?,17?,23-/m1/s1. The number of piperidine rings is 1. The molecule has 0 aromatic carbocycles. The van der Waals surface area contributed by atoms with Crippen LogP contribution in [-0.2, 0) is 16.6 Å². The van der Waals surface area contributed by atoms with Crippen LogP contribution in [0.2, 0.25) is 0 Å². The number of pyridine rings is 1. The molecule has 6 heterocycles. The highest BCUT2D eigenvalue weighted by atomic mass is 16.5. The van der Waals surface area contributed by atoms with Crippen LogP contribution in [0.1, 0.15) is 36.2 Å². The molecule has 0 spiro atoms. The van der Waals surface area contributed by atoms with Crippen molar-refractivity contribution in [2.24, 2.45) is 18.4 Å². The number of carbonyl (C=O) groups is 2. The van der Waals surface area contributed by atoms with Crippen LogP contribution in [0.3, 0.4) is 0 Å². The summed E-state index contributed by atoms with van der Waals surface area (Å²) in [6, 6.07) is 7.59. The third kappa shape index (κ3) is 3.26. The van der Waals surface area contributed by atoms with Crippen LogP contribution < -0.4 is 10.2 Å². The normalized spacial score (nSPS) is 28.4. The van der Waals surface area contributed by atoms with Crippen LogP contribution in [0.15, 0.2) is 24.4 Å². The second-order valence-electron chi connectivity index (χ2n) is 9.45. The third-order valence-corrected chi connectivity index (χ3v) is 7.29. The highest BCUT2D eigenvalue weighted by Crippen LogP contribution is 2.51. The first kappa shape index (κ1) is 20.2. The first-order valence-corrected chi connectivity index (χ1v) is 11.4. The molecular formula is C23H25N7O3. The minimum absolute atomic E-state index is 0.0617. The zero-order valence-electron chi connectivity index (χ0n) is 18.4. The maximum Gasteiger partial charge on any atom is 0.272 e. The van der Waals surface area contributed by atoms with E-state index in [0.29, 0.717) is 49.1 Å². The molecule has 2 bridgehead atoms. The summed E-state index contributed by atoms with van der Waals surface area (Å²) in [5.74, 6) is 1.03. The number of nitrogens with zero attached hydrogens (tertiary/aromatic N) is 6. The van der Waals surface area contributed by atoms with E-state index in [1.165, 1.54) is 0 Å². The highest BCUT2D eigenvalue weighted by Gasteiger charge is 2.56. The second-order valence-corrected chi connectivity index (χ2v) is 9.45. The Bertz CT molecular complexity index is 1170. The number of hydrogen-bond acceptors (Lipinski definition) is 7. The van der Waals surface area contributed by atoms with Gasteiger partial charge in [-0.3, -0.25) is 14.3 Å². The van der Waals surface area contributed by atoms with Gasteiger partial charge in [-0.05, 0) is 31.2 Å². The number of fused-ring (bicyclic) bond motifs is 2. The van der Waals surface area contributed by atoms with Gasteiger partial charge in [0.25, 0.3) is 5.91 Å². The van der Waals surface area contributed by atoms with Crippen molar-refractivity contribution in [1.29, 1.82) is 5.26 Å². The number of morpholine rings is 1. The van der Waals surface area contributed by atoms with Crippen molar-refractivity contribution >= 4 is 29.1 Å². The van der Waals surface area contributed by atoms with E-state index in [2.05, 4.69) is 21.5 Å². The van der Waals surface area contributed by atoms with Gasteiger partial charge in [-0.25, -0.2) is 4.98 Å². The predicted octanol–water partition coefficient (Wildman–Crippen LogP) is 1.83. The molecule has 5 fully saturated rings. The summed E-state index contributed by atoms with van der Waals surface area (Å²) in [6.07, 6.45) is 5.42. The van der Waals surface area contributed by atoms with Crippen LogP contribution in [0.25, 0.3) is 0 Å². The van der Waals surface area contributed by atoms with Gasteiger partial charge in [-0.15, -0.1) is 0 Å². The molecule has 4 aliphatic heterocycles. The molecule has 5 aliphatic rings. The number of aromatic nitrogens is 3. The maximum absolute atomic E-state index is 13.1. The van der Waals surface area contributed by atoms with Crippen molar-refractivity contribution in [3.8, 4) is 6.07 Å². The lowest BCUT2D eigenvalue weighted by Crippen LogP contribution is -2.58. The smallest absolute Gasteiger partial charge is 0.272 e. The molecule has 3 atom stereocenters. The Morgan fingerprint density at radius 1 is 1.27 bits per heavy atom. The molecule has 1 N–H and O–H groups in total. The fourth-order valence-corrected chi connectivity index (χ4v) is 5.33. The van der Waals surface area contributed by atoms with Gasteiger partial charge in [-0.2, -0.15) is 10.4 Å². The molecule has 7 rings (SSSR count).